The van der Waals surface area contributed by atoms with Crippen molar-refractivity contribution in [2.75, 3.05) is 0 Å². The molecule has 0 amide bonds. The summed E-state index contributed by atoms with van der Waals surface area (Å²) in [4.78, 5) is 0. The van der Waals surface area contributed by atoms with Gasteiger partial charge < -0.3 is 0 Å². The average Bonchev–Trinajstić information content (AvgIpc) is 3.10. The zero-order valence-corrected chi connectivity index (χ0v) is 14.3. The SMILES string of the molecule is CCCCCCC(CC)CC1CC1CC(C)C(C)C. The van der Waals surface area contributed by atoms with Crippen LogP contribution < -0.4 is 0 Å². The summed E-state index contributed by atoms with van der Waals surface area (Å²) in [6.07, 6.45) is 13.2. The van der Waals surface area contributed by atoms with Crippen LogP contribution in [0.2, 0.25) is 0 Å². The third-order valence-electron chi connectivity index (χ3n) is 5.56. The first-order chi connectivity index (χ1) is 9.08. The van der Waals surface area contributed by atoms with Gasteiger partial charge in [0.1, 0.15) is 0 Å². The summed E-state index contributed by atoms with van der Waals surface area (Å²) in [6, 6.07) is 0. The third kappa shape index (κ3) is 6.82. The molecule has 0 bridgehead atoms. The largest absolute Gasteiger partial charge is 0.0654 e. The maximum absolute atomic E-state index is 2.45. The summed E-state index contributed by atoms with van der Waals surface area (Å²) < 4.78 is 0. The molecule has 1 saturated carbocycles. The van der Waals surface area contributed by atoms with Crippen molar-refractivity contribution in [3.05, 3.63) is 0 Å². The Morgan fingerprint density at radius 2 is 1.58 bits per heavy atom. The van der Waals surface area contributed by atoms with Gasteiger partial charge in [-0.15, -0.1) is 0 Å². The number of unbranched alkanes of at least 4 members (excludes halogenated alkanes) is 3. The average molecular weight is 267 g/mol. The number of hydrogen-bond donors (Lipinski definition) is 0. The maximum Gasteiger partial charge on any atom is -0.0380 e. The van der Waals surface area contributed by atoms with Gasteiger partial charge in [0, 0.05) is 0 Å². The highest BCUT2D eigenvalue weighted by molar-refractivity contribution is 4.89. The monoisotopic (exact) mass is 266 g/mol. The first-order valence-corrected chi connectivity index (χ1v) is 9.08. The van der Waals surface area contributed by atoms with Crippen LogP contribution in [0.25, 0.3) is 0 Å². The fourth-order valence-corrected chi connectivity index (χ4v) is 3.41. The van der Waals surface area contributed by atoms with E-state index in [2.05, 4.69) is 34.6 Å². The van der Waals surface area contributed by atoms with Crippen LogP contribution in [0.5, 0.6) is 0 Å². The Morgan fingerprint density at radius 3 is 2.16 bits per heavy atom. The second-order valence-corrected chi connectivity index (χ2v) is 7.57. The highest BCUT2D eigenvalue weighted by Gasteiger charge is 2.38. The summed E-state index contributed by atoms with van der Waals surface area (Å²) in [5, 5.41) is 0. The fraction of sp³-hybridized carbons (Fsp3) is 1.00. The molecule has 0 radical (unpaired) electrons. The first kappa shape index (κ1) is 17.1. The molecule has 1 aliphatic rings. The summed E-state index contributed by atoms with van der Waals surface area (Å²) >= 11 is 0. The fourth-order valence-electron chi connectivity index (χ4n) is 3.41. The van der Waals surface area contributed by atoms with Crippen molar-refractivity contribution in [3.8, 4) is 0 Å². The molecule has 1 rings (SSSR count). The highest BCUT2D eigenvalue weighted by Crippen LogP contribution is 2.48. The lowest BCUT2D eigenvalue weighted by Gasteiger charge is -2.17. The van der Waals surface area contributed by atoms with Gasteiger partial charge in [0.2, 0.25) is 0 Å². The lowest BCUT2D eigenvalue weighted by atomic mass is 9.89. The van der Waals surface area contributed by atoms with Gasteiger partial charge in [-0.25, -0.2) is 0 Å². The molecule has 1 fully saturated rings. The molecular formula is C19H38. The standard InChI is InChI=1S/C19H38/c1-6-8-9-10-11-17(7-2)13-19-14-18(19)12-16(5)15(3)4/h15-19H,6-14H2,1-5H3. The van der Waals surface area contributed by atoms with Crippen LogP contribution in [0, 0.1) is 29.6 Å². The van der Waals surface area contributed by atoms with E-state index in [1.54, 1.807) is 6.42 Å². The van der Waals surface area contributed by atoms with Crippen molar-refractivity contribution >= 4 is 0 Å². The van der Waals surface area contributed by atoms with E-state index in [4.69, 9.17) is 0 Å². The van der Waals surface area contributed by atoms with Crippen molar-refractivity contribution < 1.29 is 0 Å². The summed E-state index contributed by atoms with van der Waals surface area (Å²) in [7, 11) is 0. The van der Waals surface area contributed by atoms with E-state index >= 15 is 0 Å². The molecular weight excluding hydrogens is 228 g/mol. The van der Waals surface area contributed by atoms with E-state index in [1.807, 2.05) is 0 Å². The zero-order valence-electron chi connectivity index (χ0n) is 14.3. The molecule has 4 unspecified atom stereocenters. The van der Waals surface area contributed by atoms with Gasteiger partial charge in [-0.1, -0.05) is 73.1 Å². The molecule has 0 heterocycles. The molecule has 19 heavy (non-hydrogen) atoms. The van der Waals surface area contributed by atoms with Crippen molar-refractivity contribution in [1.29, 1.82) is 0 Å². The second-order valence-electron chi connectivity index (χ2n) is 7.57. The highest BCUT2D eigenvalue weighted by atomic mass is 14.4. The molecule has 114 valence electrons. The maximum atomic E-state index is 2.45. The number of rotatable bonds is 11. The van der Waals surface area contributed by atoms with Crippen LogP contribution in [0.15, 0.2) is 0 Å². The Balaban J connectivity index is 2.13. The van der Waals surface area contributed by atoms with Crippen molar-refractivity contribution in [2.45, 2.75) is 92.4 Å². The first-order valence-electron chi connectivity index (χ1n) is 9.08. The molecule has 0 aromatic rings. The van der Waals surface area contributed by atoms with E-state index < -0.39 is 0 Å². The van der Waals surface area contributed by atoms with Gasteiger partial charge in [0.15, 0.2) is 0 Å². The normalized spacial score (nSPS) is 25.6. The smallest absolute Gasteiger partial charge is 0.0380 e. The van der Waals surface area contributed by atoms with Gasteiger partial charge in [0.05, 0.1) is 0 Å². The molecule has 0 aliphatic heterocycles. The Morgan fingerprint density at radius 1 is 0.895 bits per heavy atom. The zero-order chi connectivity index (χ0) is 14.3. The van der Waals surface area contributed by atoms with Crippen LogP contribution in [0.1, 0.15) is 92.4 Å². The molecule has 0 aromatic carbocycles. The Hall–Kier alpha value is 0. The van der Waals surface area contributed by atoms with Gasteiger partial charge >= 0.3 is 0 Å². The van der Waals surface area contributed by atoms with Crippen LogP contribution in [0.4, 0.5) is 0 Å². The minimum Gasteiger partial charge on any atom is -0.0654 e. The van der Waals surface area contributed by atoms with Gasteiger partial charge in [-0.05, 0) is 48.9 Å². The minimum absolute atomic E-state index is 0.872. The van der Waals surface area contributed by atoms with E-state index in [1.165, 1.54) is 51.4 Å². The van der Waals surface area contributed by atoms with Gasteiger partial charge in [-0.2, -0.15) is 0 Å². The molecule has 0 aromatic heterocycles. The lowest BCUT2D eigenvalue weighted by Crippen LogP contribution is -2.06. The van der Waals surface area contributed by atoms with Crippen LogP contribution >= 0.6 is 0 Å². The second kappa shape index (κ2) is 9.03. The Labute approximate surface area is 122 Å². The predicted molar refractivity (Wildman–Crippen MR) is 87.4 cm³/mol. The molecule has 0 spiro atoms. The van der Waals surface area contributed by atoms with Crippen molar-refractivity contribution in [2.24, 2.45) is 29.6 Å². The van der Waals surface area contributed by atoms with Crippen LogP contribution in [-0.4, -0.2) is 0 Å². The summed E-state index contributed by atoms with van der Waals surface area (Å²) in [5.41, 5.74) is 0. The lowest BCUT2D eigenvalue weighted by molar-refractivity contribution is 0.341. The topological polar surface area (TPSA) is 0 Å². The third-order valence-corrected chi connectivity index (χ3v) is 5.56. The summed E-state index contributed by atoms with van der Waals surface area (Å²) in [6.45, 7) is 11.9. The number of hydrogen-bond acceptors (Lipinski definition) is 0. The summed E-state index contributed by atoms with van der Waals surface area (Å²) in [5.74, 6) is 5.01. The molecule has 1 aliphatic carbocycles. The van der Waals surface area contributed by atoms with Crippen LogP contribution in [-0.2, 0) is 0 Å². The molecule has 4 atom stereocenters. The van der Waals surface area contributed by atoms with Crippen molar-refractivity contribution in [1.82, 2.24) is 0 Å². The van der Waals surface area contributed by atoms with E-state index in [0.29, 0.717) is 0 Å². The molecule has 0 heteroatoms. The van der Waals surface area contributed by atoms with Crippen LogP contribution in [0.3, 0.4) is 0 Å². The molecule has 0 nitrogen and oxygen atoms in total. The van der Waals surface area contributed by atoms with Gasteiger partial charge in [0.25, 0.3) is 0 Å². The molecule has 0 saturated heterocycles. The minimum atomic E-state index is 0.872. The Bertz CT molecular complexity index is 218. The predicted octanol–water partition coefficient (Wildman–Crippen LogP) is 6.69. The van der Waals surface area contributed by atoms with E-state index in [0.717, 1.165) is 29.6 Å². The quantitative estimate of drug-likeness (QED) is 0.365. The van der Waals surface area contributed by atoms with E-state index in [9.17, 15) is 0 Å². The van der Waals surface area contributed by atoms with Crippen molar-refractivity contribution in [3.63, 3.8) is 0 Å². The van der Waals surface area contributed by atoms with E-state index in [-0.39, 0.29) is 0 Å². The molecule has 0 N–H and O–H groups in total. The van der Waals surface area contributed by atoms with Gasteiger partial charge in [-0.3, -0.25) is 0 Å². The Kier molecular flexibility index (Phi) is 8.11.